The molecule has 0 radical (unpaired) electrons. The highest BCUT2D eigenvalue weighted by atomic mass is 79.9. The van der Waals surface area contributed by atoms with Crippen molar-refractivity contribution in [2.24, 2.45) is 0 Å². The van der Waals surface area contributed by atoms with Crippen LogP contribution in [0.5, 0.6) is 0 Å². The number of rotatable bonds is 3. The zero-order chi connectivity index (χ0) is 13.8. The molecule has 2 aromatic rings. The zero-order valence-electron chi connectivity index (χ0n) is 10.1. The van der Waals surface area contributed by atoms with E-state index in [0.717, 1.165) is 10.2 Å². The van der Waals surface area contributed by atoms with Gasteiger partial charge >= 0.3 is 0 Å². The number of pyridine rings is 1. The minimum absolute atomic E-state index is 0.244. The third kappa shape index (κ3) is 3.24. The highest BCUT2D eigenvalue weighted by Gasteiger charge is 2.12. The smallest absolute Gasteiger partial charge is 0.257 e. The molecule has 0 aliphatic heterocycles. The number of nitrogens with zero attached hydrogens (tertiary/aromatic N) is 1. The van der Waals surface area contributed by atoms with Crippen LogP contribution in [0.3, 0.4) is 0 Å². The van der Waals surface area contributed by atoms with Gasteiger partial charge in [-0.15, -0.1) is 0 Å². The van der Waals surface area contributed by atoms with Crippen molar-refractivity contribution in [2.75, 3.05) is 17.7 Å². The van der Waals surface area contributed by atoms with E-state index >= 15 is 0 Å². The van der Waals surface area contributed by atoms with Crippen molar-refractivity contribution in [2.45, 2.75) is 0 Å². The maximum atomic E-state index is 12.2. The Hall–Kier alpha value is -1.59. The zero-order valence-corrected chi connectivity index (χ0v) is 12.4. The van der Waals surface area contributed by atoms with E-state index in [1.807, 2.05) is 12.1 Å². The van der Waals surface area contributed by atoms with Gasteiger partial charge in [0.05, 0.1) is 11.3 Å². The molecule has 0 aliphatic rings. The Morgan fingerprint density at radius 2 is 2.05 bits per heavy atom. The highest BCUT2D eigenvalue weighted by Crippen LogP contribution is 2.24. The Morgan fingerprint density at radius 1 is 1.32 bits per heavy atom. The van der Waals surface area contributed by atoms with E-state index < -0.39 is 0 Å². The largest absolute Gasteiger partial charge is 0.387 e. The number of anilines is 2. The first-order chi connectivity index (χ1) is 9.11. The number of hydrogen-bond donors (Lipinski definition) is 2. The van der Waals surface area contributed by atoms with Crippen LogP contribution in [0.25, 0.3) is 0 Å². The van der Waals surface area contributed by atoms with Gasteiger partial charge in [0, 0.05) is 23.4 Å². The summed E-state index contributed by atoms with van der Waals surface area (Å²) >= 11 is 9.22. The van der Waals surface area contributed by atoms with E-state index in [4.69, 9.17) is 11.6 Å². The molecule has 1 aromatic carbocycles. The number of para-hydroxylation sites is 1. The first kappa shape index (κ1) is 13.8. The number of hydrogen-bond acceptors (Lipinski definition) is 3. The fourth-order valence-electron chi connectivity index (χ4n) is 1.60. The lowest BCUT2D eigenvalue weighted by Crippen LogP contribution is -2.14. The average Bonchev–Trinajstić information content (AvgIpc) is 2.42. The summed E-state index contributed by atoms with van der Waals surface area (Å²) in [5.74, 6) is -0.244. The van der Waals surface area contributed by atoms with Crippen molar-refractivity contribution >= 4 is 44.8 Å². The van der Waals surface area contributed by atoms with E-state index in [-0.39, 0.29) is 11.1 Å². The molecule has 0 unspecified atom stereocenters. The molecule has 0 saturated carbocycles. The Bertz CT molecular complexity index is 619. The van der Waals surface area contributed by atoms with Crippen LogP contribution in [-0.2, 0) is 0 Å². The molecule has 2 N–H and O–H groups in total. The number of nitrogens with one attached hydrogen (secondary N) is 2. The molecule has 1 heterocycles. The second kappa shape index (κ2) is 6.04. The molecule has 0 saturated heterocycles. The maximum Gasteiger partial charge on any atom is 0.257 e. The summed E-state index contributed by atoms with van der Waals surface area (Å²) in [7, 11) is 1.76. The summed E-state index contributed by atoms with van der Waals surface area (Å²) in [6.07, 6.45) is 1.57. The summed E-state index contributed by atoms with van der Waals surface area (Å²) < 4.78 is 0.745. The molecule has 0 aliphatic carbocycles. The lowest BCUT2D eigenvalue weighted by molar-refractivity contribution is 0.102. The molecule has 0 spiro atoms. The van der Waals surface area contributed by atoms with Gasteiger partial charge in [-0.1, -0.05) is 23.7 Å². The maximum absolute atomic E-state index is 12.2. The summed E-state index contributed by atoms with van der Waals surface area (Å²) in [4.78, 5) is 16.2. The summed E-state index contributed by atoms with van der Waals surface area (Å²) in [6.45, 7) is 0. The minimum Gasteiger partial charge on any atom is -0.387 e. The van der Waals surface area contributed by atoms with Gasteiger partial charge < -0.3 is 10.6 Å². The summed E-state index contributed by atoms with van der Waals surface area (Å²) in [6, 6.07) is 8.93. The monoisotopic (exact) mass is 339 g/mol. The third-order valence-electron chi connectivity index (χ3n) is 2.49. The second-order valence-electron chi connectivity index (χ2n) is 3.74. The van der Waals surface area contributed by atoms with E-state index in [2.05, 4.69) is 31.5 Å². The van der Waals surface area contributed by atoms with Gasteiger partial charge in [0.25, 0.3) is 5.91 Å². The Kier molecular flexibility index (Phi) is 4.39. The van der Waals surface area contributed by atoms with Crippen molar-refractivity contribution in [1.82, 2.24) is 4.98 Å². The van der Waals surface area contributed by atoms with Crippen molar-refractivity contribution in [3.63, 3.8) is 0 Å². The normalized spacial score (nSPS) is 10.1. The lowest BCUT2D eigenvalue weighted by Gasteiger charge is -2.10. The SMILES string of the molecule is CNc1ccccc1C(=O)Nc1cc(Br)cnc1Cl. The molecule has 4 nitrogen and oxygen atoms in total. The molecule has 19 heavy (non-hydrogen) atoms. The van der Waals surface area contributed by atoms with Crippen LogP contribution in [-0.4, -0.2) is 17.9 Å². The first-order valence-corrected chi connectivity index (χ1v) is 6.68. The standard InChI is InChI=1S/C13H11BrClN3O/c1-16-10-5-3-2-4-9(10)13(19)18-11-6-8(14)7-17-12(11)15/h2-7,16H,1H3,(H,18,19). The third-order valence-corrected chi connectivity index (χ3v) is 3.23. The molecule has 0 fully saturated rings. The predicted molar refractivity (Wildman–Crippen MR) is 80.9 cm³/mol. The topological polar surface area (TPSA) is 54.0 Å². The van der Waals surface area contributed by atoms with Gasteiger partial charge in [0.15, 0.2) is 5.15 Å². The minimum atomic E-state index is -0.244. The number of benzene rings is 1. The van der Waals surface area contributed by atoms with Crippen LogP contribution < -0.4 is 10.6 Å². The Morgan fingerprint density at radius 3 is 2.79 bits per heavy atom. The molecule has 1 amide bonds. The molecular formula is C13H11BrClN3O. The van der Waals surface area contributed by atoms with Crippen LogP contribution in [0.4, 0.5) is 11.4 Å². The fourth-order valence-corrected chi connectivity index (χ4v) is 2.08. The Labute approximate surface area is 124 Å². The lowest BCUT2D eigenvalue weighted by atomic mass is 10.1. The van der Waals surface area contributed by atoms with Crippen molar-refractivity contribution in [3.05, 3.63) is 51.7 Å². The number of aromatic nitrogens is 1. The van der Waals surface area contributed by atoms with Crippen LogP contribution in [0, 0.1) is 0 Å². The number of carbonyl (C=O) groups is 1. The van der Waals surface area contributed by atoms with Gasteiger partial charge in [-0.25, -0.2) is 4.98 Å². The van der Waals surface area contributed by atoms with Gasteiger partial charge in [0.2, 0.25) is 0 Å². The number of amides is 1. The average molecular weight is 341 g/mol. The van der Waals surface area contributed by atoms with Gasteiger partial charge in [-0.3, -0.25) is 4.79 Å². The van der Waals surface area contributed by atoms with E-state index in [1.165, 1.54) is 0 Å². The fraction of sp³-hybridized carbons (Fsp3) is 0.0769. The number of halogens is 2. The van der Waals surface area contributed by atoms with E-state index in [1.54, 1.807) is 31.4 Å². The molecule has 0 bridgehead atoms. The Balaban J connectivity index is 2.28. The van der Waals surface area contributed by atoms with Crippen LogP contribution >= 0.6 is 27.5 Å². The molecule has 98 valence electrons. The van der Waals surface area contributed by atoms with Crippen LogP contribution in [0.2, 0.25) is 5.15 Å². The van der Waals surface area contributed by atoms with Gasteiger partial charge in [-0.2, -0.15) is 0 Å². The second-order valence-corrected chi connectivity index (χ2v) is 5.02. The predicted octanol–water partition coefficient (Wildman–Crippen LogP) is 3.79. The van der Waals surface area contributed by atoms with E-state index in [0.29, 0.717) is 11.3 Å². The first-order valence-electron chi connectivity index (χ1n) is 5.51. The van der Waals surface area contributed by atoms with Crippen molar-refractivity contribution < 1.29 is 4.79 Å². The van der Waals surface area contributed by atoms with Gasteiger partial charge in [0.1, 0.15) is 0 Å². The van der Waals surface area contributed by atoms with Crippen molar-refractivity contribution in [1.29, 1.82) is 0 Å². The molecule has 0 atom stereocenters. The van der Waals surface area contributed by atoms with Crippen LogP contribution in [0.15, 0.2) is 41.0 Å². The van der Waals surface area contributed by atoms with E-state index in [9.17, 15) is 4.79 Å². The number of carbonyl (C=O) groups excluding carboxylic acids is 1. The summed E-state index contributed by atoms with van der Waals surface area (Å²) in [5.41, 5.74) is 1.76. The molecular weight excluding hydrogens is 330 g/mol. The van der Waals surface area contributed by atoms with Crippen molar-refractivity contribution in [3.8, 4) is 0 Å². The van der Waals surface area contributed by atoms with Crippen LogP contribution in [0.1, 0.15) is 10.4 Å². The quantitative estimate of drug-likeness (QED) is 0.836. The highest BCUT2D eigenvalue weighted by molar-refractivity contribution is 9.10. The molecule has 1 aromatic heterocycles. The summed E-state index contributed by atoms with van der Waals surface area (Å²) in [5, 5.41) is 5.96. The molecule has 6 heteroatoms. The molecule has 2 rings (SSSR count). The van der Waals surface area contributed by atoms with Gasteiger partial charge in [-0.05, 0) is 34.1 Å².